The van der Waals surface area contributed by atoms with E-state index in [1.54, 1.807) is 19.1 Å². The summed E-state index contributed by atoms with van der Waals surface area (Å²) >= 11 is 0. The fourth-order valence-corrected chi connectivity index (χ4v) is 2.89. The van der Waals surface area contributed by atoms with Crippen molar-refractivity contribution in [2.75, 3.05) is 6.61 Å². The second kappa shape index (κ2) is 10.7. The number of benzene rings is 2. The number of ether oxygens (including phenoxy) is 2. The lowest BCUT2D eigenvalue weighted by Crippen LogP contribution is -2.18. The molecule has 0 amide bonds. The molecule has 0 heterocycles. The molecule has 1 unspecified atom stereocenters. The predicted octanol–water partition coefficient (Wildman–Crippen LogP) is 3.59. The van der Waals surface area contributed by atoms with Gasteiger partial charge >= 0.3 is 14.1 Å². The first kappa shape index (κ1) is 20.0. The Hall–Kier alpha value is -2.27. The Balaban J connectivity index is 1.96. The molecule has 0 N–H and O–H groups in total. The lowest BCUT2D eigenvalue weighted by molar-refractivity contribution is -0.169. The van der Waals surface area contributed by atoms with Gasteiger partial charge in [0.1, 0.15) is 0 Å². The van der Waals surface area contributed by atoms with Crippen LogP contribution in [-0.2, 0) is 27.5 Å². The number of esters is 1. The Morgan fingerprint density at radius 1 is 1.12 bits per heavy atom. The number of carbonyl (C=O) groups is 1. The second-order valence-electron chi connectivity index (χ2n) is 5.46. The van der Waals surface area contributed by atoms with E-state index in [2.05, 4.69) is 4.74 Å². The standard InChI is InChI=1S/C19H22NO5P/c1-3-24-19(21)15(2)20-26(22)25-18-12-8-7-11-17(18)14-23-13-16-9-5-4-6-10-16/h4-12,15H,3,13-14H2,1-2H3/t15-/m0/s1. The maximum Gasteiger partial charge on any atom is 0.395 e. The van der Waals surface area contributed by atoms with Gasteiger partial charge < -0.3 is 14.4 Å². The molecule has 2 rings (SSSR count). The van der Waals surface area contributed by atoms with Gasteiger partial charge in [-0.3, -0.25) is 4.52 Å². The van der Waals surface area contributed by atoms with Gasteiger partial charge in [0.15, 0.2) is 11.8 Å². The normalized spacial score (nSPS) is 12.5. The van der Waals surface area contributed by atoms with Gasteiger partial charge in [-0.05, 0) is 25.5 Å². The van der Waals surface area contributed by atoms with Crippen LogP contribution >= 0.6 is 8.17 Å². The molecular formula is C19H22NO5P. The first-order valence-electron chi connectivity index (χ1n) is 8.32. The van der Waals surface area contributed by atoms with E-state index in [0.717, 1.165) is 11.1 Å². The largest absolute Gasteiger partial charge is 0.575 e. The van der Waals surface area contributed by atoms with Crippen LogP contribution in [0.25, 0.3) is 0 Å². The summed E-state index contributed by atoms with van der Waals surface area (Å²) in [6, 6.07) is 16.1. The molecular weight excluding hydrogens is 353 g/mol. The first-order valence-corrected chi connectivity index (χ1v) is 9.45. The summed E-state index contributed by atoms with van der Waals surface area (Å²) in [7, 11) is -2.40. The minimum atomic E-state index is -2.40. The molecule has 6 nitrogen and oxygen atoms in total. The van der Waals surface area contributed by atoms with Crippen molar-refractivity contribution in [2.24, 2.45) is 4.74 Å². The van der Waals surface area contributed by atoms with Gasteiger partial charge in [0.25, 0.3) is 0 Å². The van der Waals surface area contributed by atoms with E-state index in [1.807, 2.05) is 42.5 Å². The summed E-state index contributed by atoms with van der Waals surface area (Å²) in [5, 5.41) is 0. The molecule has 0 radical (unpaired) electrons. The number of hydrogen-bond donors (Lipinski definition) is 0. The van der Waals surface area contributed by atoms with E-state index < -0.39 is 20.2 Å². The summed E-state index contributed by atoms with van der Waals surface area (Å²) in [5.74, 6) is -0.111. The highest BCUT2D eigenvalue weighted by atomic mass is 31.1. The van der Waals surface area contributed by atoms with Crippen LogP contribution in [0.15, 0.2) is 59.3 Å². The number of carbonyl (C=O) groups excluding carboxylic acids is 1. The average molecular weight is 375 g/mol. The van der Waals surface area contributed by atoms with Crippen LogP contribution in [0.4, 0.5) is 0 Å². The molecule has 2 atom stereocenters. The van der Waals surface area contributed by atoms with E-state index in [-0.39, 0.29) is 6.61 Å². The third-order valence-electron chi connectivity index (χ3n) is 3.41. The zero-order valence-electron chi connectivity index (χ0n) is 14.8. The van der Waals surface area contributed by atoms with Crippen molar-refractivity contribution in [1.29, 1.82) is 0 Å². The van der Waals surface area contributed by atoms with Gasteiger partial charge in [-0.25, -0.2) is 4.79 Å². The maximum absolute atomic E-state index is 12.1. The minimum absolute atomic E-state index is 0.248. The van der Waals surface area contributed by atoms with Crippen LogP contribution in [0.3, 0.4) is 0 Å². The van der Waals surface area contributed by atoms with E-state index in [0.29, 0.717) is 19.0 Å². The van der Waals surface area contributed by atoms with Crippen LogP contribution in [0, 0.1) is 0 Å². The molecule has 138 valence electrons. The zero-order valence-corrected chi connectivity index (χ0v) is 15.7. The molecule has 0 aliphatic carbocycles. The first-order chi connectivity index (χ1) is 12.6. The molecule has 2 aromatic carbocycles. The number of para-hydroxylation sites is 1. The minimum Gasteiger partial charge on any atom is -0.575 e. The van der Waals surface area contributed by atoms with E-state index in [9.17, 15) is 9.69 Å². The third kappa shape index (κ3) is 6.56. The molecule has 0 bridgehead atoms. The predicted molar refractivity (Wildman–Crippen MR) is 97.4 cm³/mol. The highest BCUT2D eigenvalue weighted by Crippen LogP contribution is 2.28. The summed E-state index contributed by atoms with van der Waals surface area (Å²) in [4.78, 5) is 23.6. The highest BCUT2D eigenvalue weighted by molar-refractivity contribution is 7.34. The molecule has 0 aliphatic heterocycles. The summed E-state index contributed by atoms with van der Waals surface area (Å²) in [6.07, 6.45) is 0. The van der Waals surface area contributed by atoms with Crippen molar-refractivity contribution in [1.82, 2.24) is 0 Å². The van der Waals surface area contributed by atoms with Crippen molar-refractivity contribution >= 4 is 14.1 Å². The lowest BCUT2D eigenvalue weighted by atomic mass is 10.2. The Morgan fingerprint density at radius 2 is 1.81 bits per heavy atom. The fourth-order valence-electron chi connectivity index (χ4n) is 2.12. The quantitative estimate of drug-likeness (QED) is 0.494. The molecule has 0 saturated heterocycles. The van der Waals surface area contributed by atoms with Crippen LogP contribution in [0.1, 0.15) is 25.0 Å². The van der Waals surface area contributed by atoms with Crippen LogP contribution in [-0.4, -0.2) is 18.6 Å². The summed E-state index contributed by atoms with van der Waals surface area (Å²) in [6.45, 7) is 4.24. The number of rotatable bonds is 9. The topological polar surface area (TPSA) is 80.2 Å². The fraction of sp³-hybridized carbons (Fsp3) is 0.316. The zero-order chi connectivity index (χ0) is 18.8. The van der Waals surface area contributed by atoms with E-state index >= 15 is 0 Å². The molecule has 7 heteroatoms. The second-order valence-corrected chi connectivity index (χ2v) is 6.35. The lowest BCUT2D eigenvalue weighted by Gasteiger charge is -2.08. The van der Waals surface area contributed by atoms with E-state index in [1.165, 1.54) is 6.92 Å². The molecule has 0 saturated carbocycles. The monoisotopic (exact) mass is 375 g/mol. The van der Waals surface area contributed by atoms with Crippen molar-refractivity contribution in [3.63, 3.8) is 0 Å². The highest BCUT2D eigenvalue weighted by Gasteiger charge is 2.18. The van der Waals surface area contributed by atoms with Crippen molar-refractivity contribution < 1.29 is 23.7 Å². The Labute approximate surface area is 154 Å². The van der Waals surface area contributed by atoms with Crippen molar-refractivity contribution in [3.05, 3.63) is 65.7 Å². The van der Waals surface area contributed by atoms with Crippen LogP contribution < -0.4 is 9.42 Å². The summed E-state index contributed by atoms with van der Waals surface area (Å²) in [5.41, 5.74) is 1.82. The van der Waals surface area contributed by atoms with Crippen molar-refractivity contribution in [3.8, 4) is 5.75 Å². The Bertz CT molecular complexity index is 736. The van der Waals surface area contributed by atoms with Gasteiger partial charge in [0.2, 0.25) is 0 Å². The van der Waals surface area contributed by atoms with E-state index in [4.69, 9.17) is 14.0 Å². The van der Waals surface area contributed by atoms with Gasteiger partial charge in [-0.1, -0.05) is 53.3 Å². The third-order valence-corrected chi connectivity index (χ3v) is 4.30. The van der Waals surface area contributed by atoms with Crippen LogP contribution in [0.2, 0.25) is 0 Å². The Morgan fingerprint density at radius 3 is 2.54 bits per heavy atom. The molecule has 0 spiro atoms. The van der Waals surface area contributed by atoms with Crippen molar-refractivity contribution in [2.45, 2.75) is 33.1 Å². The Kier molecular flexibility index (Phi) is 8.22. The molecule has 0 aliphatic rings. The molecule has 2 aromatic rings. The van der Waals surface area contributed by atoms with Crippen LogP contribution in [0.5, 0.6) is 5.75 Å². The number of nitrogens with zero attached hydrogens (tertiary/aromatic N) is 1. The average Bonchev–Trinajstić information content (AvgIpc) is 2.64. The summed E-state index contributed by atoms with van der Waals surface area (Å²) < 4.78 is 19.8. The number of hydrogen-bond acceptors (Lipinski definition) is 6. The van der Waals surface area contributed by atoms with Gasteiger partial charge in [-0.2, -0.15) is 0 Å². The van der Waals surface area contributed by atoms with Gasteiger partial charge in [0, 0.05) is 5.56 Å². The smallest absolute Gasteiger partial charge is 0.395 e. The van der Waals surface area contributed by atoms with Gasteiger partial charge in [0.05, 0.1) is 19.8 Å². The SMILES string of the molecule is CCOC(=O)[C@H](C)/N=[P+](\[O-])Oc1ccccc1COCc1ccccc1. The maximum atomic E-state index is 12.1. The molecule has 0 fully saturated rings. The molecule has 0 aromatic heterocycles. The molecule has 26 heavy (non-hydrogen) atoms. The van der Waals surface area contributed by atoms with Gasteiger partial charge in [-0.15, -0.1) is 0 Å².